The van der Waals surface area contributed by atoms with Crippen molar-refractivity contribution in [2.45, 2.75) is 19.8 Å². The van der Waals surface area contributed by atoms with Gasteiger partial charge in [-0.1, -0.05) is 42.5 Å². The van der Waals surface area contributed by atoms with Gasteiger partial charge in [0.25, 0.3) is 0 Å². The number of hydrogen-bond acceptors (Lipinski definition) is 4. The Kier molecular flexibility index (Phi) is 7.34. The fraction of sp³-hybridized carbons (Fsp3) is 0.200. The van der Waals surface area contributed by atoms with Crippen molar-refractivity contribution in [3.8, 4) is 11.1 Å². The summed E-state index contributed by atoms with van der Waals surface area (Å²) in [6.07, 6.45) is 0. The van der Waals surface area contributed by atoms with Crippen LogP contribution < -0.4 is 5.32 Å². The molecule has 0 aromatic heterocycles. The van der Waals surface area contributed by atoms with Gasteiger partial charge in [-0.2, -0.15) is 0 Å². The third-order valence-electron chi connectivity index (χ3n) is 4.63. The van der Waals surface area contributed by atoms with E-state index in [9.17, 15) is 4.79 Å². The first kappa shape index (κ1) is 21.3. The highest BCUT2D eigenvalue weighted by Crippen LogP contribution is 2.27. The lowest BCUT2D eigenvalue weighted by Crippen LogP contribution is -2.05. The minimum absolute atomic E-state index is 0.358. The first-order valence-electron chi connectivity index (χ1n) is 9.63. The molecule has 0 amide bonds. The van der Waals surface area contributed by atoms with Crippen molar-refractivity contribution < 1.29 is 14.3 Å². The first-order valence-corrected chi connectivity index (χ1v) is 9.63. The number of carbonyl (C=O) groups excluding carboxylic acids is 1. The number of methoxy groups -OCH3 is 1. The van der Waals surface area contributed by atoms with Gasteiger partial charge >= 0.3 is 5.97 Å². The zero-order valence-corrected chi connectivity index (χ0v) is 17.1. The molecule has 5 heteroatoms. The predicted octanol–water partition coefficient (Wildman–Crippen LogP) is 5.13. The summed E-state index contributed by atoms with van der Waals surface area (Å²) in [5, 5.41) is 3.14. The van der Waals surface area contributed by atoms with Gasteiger partial charge in [0.1, 0.15) is 0 Å². The summed E-state index contributed by atoms with van der Waals surface area (Å²) in [6, 6.07) is 21.1. The molecule has 3 rings (SSSR count). The summed E-state index contributed by atoms with van der Waals surface area (Å²) >= 11 is 0. The number of hydrogen-bond donors (Lipinski definition) is 1. The Labute approximate surface area is 177 Å². The molecule has 5 nitrogen and oxygen atoms in total. The number of carbonyl (C=O) groups is 1. The third kappa shape index (κ3) is 5.54. The molecule has 0 aliphatic rings. The van der Waals surface area contributed by atoms with Crippen molar-refractivity contribution in [1.29, 1.82) is 0 Å². The summed E-state index contributed by atoms with van der Waals surface area (Å²) in [5.41, 5.74) is 5.89. The lowest BCUT2D eigenvalue weighted by atomic mass is 9.99. The number of nitrogens with one attached hydrogen (secondary N) is 1. The van der Waals surface area contributed by atoms with Crippen LogP contribution in [0.25, 0.3) is 16.0 Å². The van der Waals surface area contributed by atoms with Crippen LogP contribution in [0.1, 0.15) is 27.0 Å². The van der Waals surface area contributed by atoms with Gasteiger partial charge in [-0.25, -0.2) is 9.64 Å². The highest BCUT2D eigenvalue weighted by atomic mass is 16.5. The summed E-state index contributed by atoms with van der Waals surface area (Å²) in [7, 11) is 3.28. The number of nitrogens with zero attached hydrogens (tertiary/aromatic N) is 1. The van der Waals surface area contributed by atoms with E-state index in [-0.39, 0.29) is 0 Å². The summed E-state index contributed by atoms with van der Waals surface area (Å²) in [4.78, 5) is 15.6. The number of esters is 1. The van der Waals surface area contributed by atoms with E-state index < -0.39 is 5.97 Å². The second-order valence-corrected chi connectivity index (χ2v) is 6.92. The Morgan fingerprint density at radius 1 is 0.933 bits per heavy atom. The van der Waals surface area contributed by atoms with Gasteiger partial charge < -0.3 is 14.8 Å². The highest BCUT2D eigenvalue weighted by molar-refractivity contribution is 5.91. The molecule has 0 unspecified atom stereocenters. The van der Waals surface area contributed by atoms with Crippen LogP contribution in [0.4, 0.5) is 5.69 Å². The lowest BCUT2D eigenvalue weighted by molar-refractivity contribution is 0.0600. The van der Waals surface area contributed by atoms with E-state index in [1.54, 1.807) is 24.3 Å². The van der Waals surface area contributed by atoms with Gasteiger partial charge in [-0.05, 0) is 59.1 Å². The largest absolute Gasteiger partial charge is 0.465 e. The minimum Gasteiger partial charge on any atom is -0.465 e. The van der Waals surface area contributed by atoms with E-state index in [0.717, 1.165) is 28.8 Å². The van der Waals surface area contributed by atoms with Gasteiger partial charge in [-0.15, -0.1) is 0 Å². The lowest BCUT2D eigenvalue weighted by Gasteiger charge is -2.11. The Balaban J connectivity index is 1.80. The van der Waals surface area contributed by atoms with Crippen LogP contribution in [0.2, 0.25) is 0 Å². The van der Waals surface area contributed by atoms with Crippen molar-refractivity contribution in [3.05, 3.63) is 100 Å². The Hall–Kier alpha value is -3.46. The number of rotatable bonds is 8. The van der Waals surface area contributed by atoms with Crippen molar-refractivity contribution >= 4 is 11.7 Å². The van der Waals surface area contributed by atoms with Crippen LogP contribution in [0.5, 0.6) is 0 Å². The van der Waals surface area contributed by atoms with E-state index in [2.05, 4.69) is 22.3 Å². The maximum absolute atomic E-state index is 12.1. The molecule has 0 aliphatic heterocycles. The molecule has 0 spiro atoms. The standard InChI is InChI=1S/C25H24N2O3/c1-26-15-18-6-4-7-19(10-18)16-30-17-20-11-22(13-23(12-20)25(28)29-3)21-8-5-9-24(14-21)27-2/h4-14,26H,15-17H2,1,3H3. The van der Waals surface area contributed by atoms with Crippen LogP contribution in [-0.2, 0) is 29.2 Å². The molecule has 3 aromatic carbocycles. The van der Waals surface area contributed by atoms with Crippen LogP contribution in [0.3, 0.4) is 0 Å². The molecule has 0 bridgehead atoms. The monoisotopic (exact) mass is 400 g/mol. The second kappa shape index (κ2) is 10.4. The van der Waals surface area contributed by atoms with Gasteiger partial charge in [0.15, 0.2) is 5.69 Å². The highest BCUT2D eigenvalue weighted by Gasteiger charge is 2.11. The molecular formula is C25H24N2O3. The molecule has 0 saturated carbocycles. The van der Waals surface area contributed by atoms with Crippen molar-refractivity contribution in [3.63, 3.8) is 0 Å². The van der Waals surface area contributed by atoms with E-state index in [1.165, 1.54) is 12.7 Å². The zero-order chi connectivity index (χ0) is 21.3. The van der Waals surface area contributed by atoms with Crippen molar-refractivity contribution in [1.82, 2.24) is 5.32 Å². The van der Waals surface area contributed by atoms with Gasteiger partial charge in [0.05, 0.1) is 32.5 Å². The van der Waals surface area contributed by atoms with E-state index >= 15 is 0 Å². The minimum atomic E-state index is -0.404. The summed E-state index contributed by atoms with van der Waals surface area (Å²) in [6.45, 7) is 8.87. The van der Waals surface area contributed by atoms with Gasteiger partial charge in [-0.3, -0.25) is 0 Å². The average Bonchev–Trinajstić information content (AvgIpc) is 2.79. The summed E-state index contributed by atoms with van der Waals surface area (Å²) in [5.74, 6) is -0.404. The van der Waals surface area contributed by atoms with E-state index in [4.69, 9.17) is 16.0 Å². The molecule has 0 atom stereocenters. The summed E-state index contributed by atoms with van der Waals surface area (Å²) < 4.78 is 10.8. The molecule has 152 valence electrons. The second-order valence-electron chi connectivity index (χ2n) is 6.92. The van der Waals surface area contributed by atoms with Gasteiger partial charge in [0.2, 0.25) is 0 Å². The average molecular weight is 400 g/mol. The molecular weight excluding hydrogens is 376 g/mol. The van der Waals surface area contributed by atoms with Gasteiger partial charge in [0, 0.05) is 6.54 Å². The van der Waals surface area contributed by atoms with Crippen molar-refractivity contribution in [2.75, 3.05) is 14.2 Å². The van der Waals surface area contributed by atoms with Crippen LogP contribution in [0, 0.1) is 6.57 Å². The molecule has 0 fully saturated rings. The van der Waals surface area contributed by atoms with Crippen LogP contribution in [0.15, 0.2) is 66.7 Å². The van der Waals surface area contributed by atoms with Crippen LogP contribution >= 0.6 is 0 Å². The number of benzene rings is 3. The molecule has 0 radical (unpaired) electrons. The van der Waals surface area contributed by atoms with E-state index in [0.29, 0.717) is 24.5 Å². The Bertz CT molecular complexity index is 1070. The quantitative estimate of drug-likeness (QED) is 0.421. The molecule has 0 aliphatic carbocycles. The Morgan fingerprint density at radius 3 is 2.47 bits per heavy atom. The fourth-order valence-electron chi connectivity index (χ4n) is 3.25. The zero-order valence-electron chi connectivity index (χ0n) is 17.1. The first-order chi connectivity index (χ1) is 14.6. The van der Waals surface area contributed by atoms with Crippen LogP contribution in [-0.4, -0.2) is 20.1 Å². The molecule has 0 saturated heterocycles. The maximum atomic E-state index is 12.1. The topological polar surface area (TPSA) is 51.9 Å². The smallest absolute Gasteiger partial charge is 0.337 e. The molecule has 0 heterocycles. The fourth-order valence-corrected chi connectivity index (χ4v) is 3.25. The molecule has 1 N–H and O–H groups in total. The normalized spacial score (nSPS) is 10.4. The number of ether oxygens (including phenoxy) is 2. The maximum Gasteiger partial charge on any atom is 0.337 e. The predicted molar refractivity (Wildman–Crippen MR) is 117 cm³/mol. The van der Waals surface area contributed by atoms with E-state index in [1.807, 2.05) is 37.4 Å². The third-order valence-corrected chi connectivity index (χ3v) is 4.63. The SMILES string of the molecule is [C-]#[N+]c1cccc(-c2cc(COCc3cccc(CNC)c3)cc(C(=O)OC)c2)c1. The molecule has 30 heavy (non-hydrogen) atoms. The molecule has 3 aromatic rings. The van der Waals surface area contributed by atoms with Crippen molar-refractivity contribution in [2.24, 2.45) is 0 Å². The Morgan fingerprint density at radius 2 is 1.70 bits per heavy atom.